The zero-order chi connectivity index (χ0) is 8.27. The van der Waals surface area contributed by atoms with E-state index in [0.717, 1.165) is 6.42 Å². The van der Waals surface area contributed by atoms with Crippen molar-refractivity contribution in [1.29, 1.82) is 0 Å². The van der Waals surface area contributed by atoms with Crippen LogP contribution < -0.4 is 0 Å². The van der Waals surface area contributed by atoms with Crippen LogP contribution in [0.1, 0.15) is 13.3 Å². The lowest BCUT2D eigenvalue weighted by Crippen LogP contribution is -2.38. The van der Waals surface area contributed by atoms with E-state index in [4.69, 9.17) is 21.8 Å². The lowest BCUT2D eigenvalue weighted by Gasteiger charge is -2.26. The highest BCUT2D eigenvalue weighted by atomic mass is 32.1. The number of thiocarbonyl (C=S) groups is 1. The summed E-state index contributed by atoms with van der Waals surface area (Å²) in [5.41, 5.74) is 0. The monoisotopic (exact) mass is 175 g/mol. The summed E-state index contributed by atoms with van der Waals surface area (Å²) in [5.74, 6) is -0.377. The first-order chi connectivity index (χ1) is 5.20. The van der Waals surface area contributed by atoms with E-state index in [9.17, 15) is 4.79 Å². The van der Waals surface area contributed by atoms with Crippen molar-refractivity contribution in [2.45, 2.75) is 13.3 Å². The third-order valence-electron chi connectivity index (χ3n) is 1.17. The smallest absolute Gasteiger partial charge is 0.329 e. The van der Waals surface area contributed by atoms with Gasteiger partial charge in [-0.15, -0.1) is 0 Å². The van der Waals surface area contributed by atoms with E-state index in [1.807, 2.05) is 0 Å². The Morgan fingerprint density at radius 2 is 2.55 bits per heavy atom. The van der Waals surface area contributed by atoms with Gasteiger partial charge in [-0.1, -0.05) is 0 Å². The SMILES string of the molecule is CC(=O)ON1CCCOC1=S. The molecule has 1 saturated heterocycles. The van der Waals surface area contributed by atoms with Gasteiger partial charge in [0.2, 0.25) is 0 Å². The summed E-state index contributed by atoms with van der Waals surface area (Å²) >= 11 is 4.77. The fourth-order valence-corrected chi connectivity index (χ4v) is 0.981. The summed E-state index contributed by atoms with van der Waals surface area (Å²) in [6.45, 7) is 2.56. The maximum absolute atomic E-state index is 10.5. The van der Waals surface area contributed by atoms with E-state index in [1.54, 1.807) is 0 Å². The number of hydrogen-bond acceptors (Lipinski definition) is 4. The lowest BCUT2D eigenvalue weighted by atomic mass is 10.4. The van der Waals surface area contributed by atoms with Crippen LogP contribution in [0.15, 0.2) is 0 Å². The normalized spacial score (nSPS) is 17.5. The number of carbonyl (C=O) groups is 1. The number of carbonyl (C=O) groups excluding carboxylic acids is 1. The van der Waals surface area contributed by atoms with Crippen molar-refractivity contribution < 1.29 is 14.4 Å². The highest BCUT2D eigenvalue weighted by Gasteiger charge is 2.18. The fourth-order valence-electron chi connectivity index (χ4n) is 0.769. The third kappa shape index (κ3) is 2.34. The van der Waals surface area contributed by atoms with Gasteiger partial charge in [-0.2, -0.15) is 5.06 Å². The van der Waals surface area contributed by atoms with Crippen LogP contribution >= 0.6 is 12.2 Å². The number of ether oxygens (including phenoxy) is 1. The molecule has 62 valence electrons. The van der Waals surface area contributed by atoms with Gasteiger partial charge >= 0.3 is 5.97 Å². The molecule has 0 aromatic heterocycles. The summed E-state index contributed by atoms with van der Waals surface area (Å²) in [4.78, 5) is 15.2. The van der Waals surface area contributed by atoms with Gasteiger partial charge in [0, 0.05) is 13.3 Å². The zero-order valence-electron chi connectivity index (χ0n) is 6.20. The Balaban J connectivity index is 2.42. The molecule has 0 amide bonds. The van der Waals surface area contributed by atoms with Crippen molar-refractivity contribution in [3.05, 3.63) is 0 Å². The molecule has 0 spiro atoms. The minimum Gasteiger partial charge on any atom is -0.469 e. The van der Waals surface area contributed by atoms with Gasteiger partial charge < -0.3 is 9.57 Å². The minimum atomic E-state index is -0.377. The topological polar surface area (TPSA) is 38.8 Å². The average molecular weight is 175 g/mol. The quantitative estimate of drug-likeness (QED) is 0.542. The second kappa shape index (κ2) is 3.52. The molecule has 0 aliphatic carbocycles. The van der Waals surface area contributed by atoms with E-state index < -0.39 is 0 Å². The zero-order valence-corrected chi connectivity index (χ0v) is 7.02. The van der Waals surface area contributed by atoms with E-state index in [0.29, 0.717) is 13.2 Å². The fraction of sp³-hybridized carbons (Fsp3) is 0.667. The summed E-state index contributed by atoms with van der Waals surface area (Å²) in [6, 6.07) is 0. The first kappa shape index (κ1) is 8.26. The lowest BCUT2D eigenvalue weighted by molar-refractivity contribution is -0.176. The Morgan fingerprint density at radius 3 is 3.09 bits per heavy atom. The van der Waals surface area contributed by atoms with E-state index in [1.165, 1.54) is 12.0 Å². The Kier molecular flexibility index (Phi) is 2.64. The molecule has 5 heteroatoms. The molecule has 1 aliphatic heterocycles. The van der Waals surface area contributed by atoms with Gasteiger partial charge in [0.25, 0.3) is 5.17 Å². The first-order valence-corrected chi connectivity index (χ1v) is 3.74. The Morgan fingerprint density at radius 1 is 1.82 bits per heavy atom. The highest BCUT2D eigenvalue weighted by molar-refractivity contribution is 7.79. The van der Waals surface area contributed by atoms with Gasteiger partial charge in [-0.3, -0.25) is 4.79 Å². The molecule has 4 nitrogen and oxygen atoms in total. The summed E-state index contributed by atoms with van der Waals surface area (Å²) in [6.07, 6.45) is 0.827. The molecule has 0 radical (unpaired) electrons. The summed E-state index contributed by atoms with van der Waals surface area (Å²) < 4.78 is 4.97. The average Bonchev–Trinajstić information content (AvgIpc) is 1.93. The van der Waals surface area contributed by atoms with Crippen LogP contribution in [0.2, 0.25) is 0 Å². The van der Waals surface area contributed by atoms with Crippen molar-refractivity contribution >= 4 is 23.4 Å². The van der Waals surface area contributed by atoms with Crippen molar-refractivity contribution in [3.63, 3.8) is 0 Å². The molecule has 0 aromatic rings. The molecular formula is C6H9NO3S. The molecule has 0 bridgehead atoms. The highest BCUT2D eigenvalue weighted by Crippen LogP contribution is 2.05. The number of hydrogen-bond donors (Lipinski definition) is 0. The van der Waals surface area contributed by atoms with Crippen LogP contribution in [0.4, 0.5) is 0 Å². The molecule has 11 heavy (non-hydrogen) atoms. The van der Waals surface area contributed by atoms with Crippen LogP contribution in [-0.2, 0) is 14.4 Å². The van der Waals surface area contributed by atoms with Crippen molar-refractivity contribution in [2.24, 2.45) is 0 Å². The predicted molar refractivity (Wildman–Crippen MR) is 41.6 cm³/mol. The van der Waals surface area contributed by atoms with Gasteiger partial charge in [0.1, 0.15) is 0 Å². The van der Waals surface area contributed by atoms with Crippen LogP contribution in [0.3, 0.4) is 0 Å². The standard InChI is InChI=1S/C6H9NO3S/c1-5(8)10-7-3-2-4-9-6(7)11/h2-4H2,1H3. The largest absolute Gasteiger partial charge is 0.469 e. The van der Waals surface area contributed by atoms with Crippen molar-refractivity contribution in [3.8, 4) is 0 Å². The second-order valence-electron chi connectivity index (χ2n) is 2.15. The van der Waals surface area contributed by atoms with E-state index in [-0.39, 0.29) is 11.1 Å². The van der Waals surface area contributed by atoms with Gasteiger partial charge in [0.05, 0.1) is 13.2 Å². The van der Waals surface area contributed by atoms with Crippen molar-refractivity contribution in [1.82, 2.24) is 5.06 Å². The number of rotatable bonds is 1. The Bertz CT molecular complexity index is 183. The van der Waals surface area contributed by atoms with E-state index in [2.05, 4.69) is 0 Å². The van der Waals surface area contributed by atoms with Gasteiger partial charge in [-0.25, -0.2) is 0 Å². The molecule has 0 aromatic carbocycles. The molecule has 1 fully saturated rings. The molecular weight excluding hydrogens is 166 g/mol. The maximum Gasteiger partial charge on any atom is 0.329 e. The first-order valence-electron chi connectivity index (χ1n) is 3.33. The summed E-state index contributed by atoms with van der Waals surface area (Å²) in [7, 11) is 0. The maximum atomic E-state index is 10.5. The number of hydroxylamine groups is 2. The van der Waals surface area contributed by atoms with E-state index >= 15 is 0 Å². The molecule has 1 heterocycles. The molecule has 0 atom stereocenters. The molecule has 1 aliphatic rings. The van der Waals surface area contributed by atoms with Gasteiger partial charge in [-0.05, 0) is 12.2 Å². The molecule has 0 saturated carbocycles. The Labute approximate surface area is 70.0 Å². The Hall–Kier alpha value is -0.840. The van der Waals surface area contributed by atoms with Crippen molar-refractivity contribution in [2.75, 3.05) is 13.2 Å². The number of nitrogens with zero attached hydrogens (tertiary/aromatic N) is 1. The minimum absolute atomic E-state index is 0.242. The van der Waals surface area contributed by atoms with Crippen LogP contribution in [0.5, 0.6) is 0 Å². The van der Waals surface area contributed by atoms with Gasteiger partial charge in [0.15, 0.2) is 0 Å². The molecule has 0 N–H and O–H groups in total. The van der Waals surface area contributed by atoms with Crippen LogP contribution in [0.25, 0.3) is 0 Å². The molecule has 1 rings (SSSR count). The second-order valence-corrected chi connectivity index (χ2v) is 2.50. The van der Waals surface area contributed by atoms with Crippen LogP contribution in [-0.4, -0.2) is 29.4 Å². The summed E-state index contributed by atoms with van der Waals surface area (Å²) in [5, 5.41) is 1.53. The third-order valence-corrected chi connectivity index (χ3v) is 1.49. The van der Waals surface area contributed by atoms with Crippen LogP contribution in [0, 0.1) is 0 Å². The predicted octanol–water partition coefficient (Wildman–Crippen LogP) is 0.472. The molecule has 0 unspecified atom stereocenters.